The highest BCUT2D eigenvalue weighted by Gasteiger charge is 2.71. The Balaban J connectivity index is 1.75. The van der Waals surface area contributed by atoms with Gasteiger partial charge in [0.15, 0.2) is 5.78 Å². The predicted octanol–water partition coefficient (Wildman–Crippen LogP) is 2.46. The Hall–Kier alpha value is -1.45. The molecule has 0 N–H and O–H groups in total. The smallest absolute Gasteiger partial charge is 0.313 e. The van der Waals surface area contributed by atoms with Crippen LogP contribution >= 0.6 is 0 Å². The molecule has 7 atom stereocenters. The third-order valence-corrected chi connectivity index (χ3v) is 7.48. The Kier molecular flexibility index (Phi) is 2.51. The van der Waals surface area contributed by atoms with Crippen LogP contribution in [0.3, 0.4) is 0 Å². The summed E-state index contributed by atoms with van der Waals surface area (Å²) in [7, 11) is 0. The summed E-state index contributed by atoms with van der Waals surface area (Å²) in [5.74, 6) is 0.698. The molecule has 4 aliphatic carbocycles. The van der Waals surface area contributed by atoms with Crippen LogP contribution in [0.15, 0.2) is 11.1 Å². The topological polar surface area (TPSA) is 60.4 Å². The van der Waals surface area contributed by atoms with Crippen molar-refractivity contribution in [1.82, 2.24) is 0 Å². The van der Waals surface area contributed by atoms with Crippen LogP contribution in [0.5, 0.6) is 0 Å². The second kappa shape index (κ2) is 4.14. The molecule has 0 aromatic carbocycles. The normalized spacial score (nSPS) is 50.8. The van der Waals surface area contributed by atoms with E-state index in [1.165, 1.54) is 5.57 Å². The Bertz CT molecular complexity index is 689. The summed E-state index contributed by atoms with van der Waals surface area (Å²) in [6, 6.07) is 0. The lowest BCUT2D eigenvalue weighted by Gasteiger charge is -2.58. The molecule has 1 spiro atoms. The van der Waals surface area contributed by atoms with Crippen LogP contribution in [0.1, 0.15) is 46.0 Å². The summed E-state index contributed by atoms with van der Waals surface area (Å²) in [5, 5.41) is 0. The lowest BCUT2D eigenvalue weighted by molar-refractivity contribution is -0.215. The summed E-state index contributed by atoms with van der Waals surface area (Å²) in [6.45, 7) is 4.16. The second-order valence-corrected chi connectivity index (χ2v) is 8.44. The summed E-state index contributed by atoms with van der Waals surface area (Å²) in [5.41, 5.74) is 1.59. The quantitative estimate of drug-likeness (QED) is 0.644. The highest BCUT2D eigenvalue weighted by atomic mass is 16.5. The second-order valence-electron chi connectivity index (χ2n) is 8.44. The van der Waals surface area contributed by atoms with Gasteiger partial charge >= 0.3 is 5.97 Å². The number of rotatable bonds is 0. The molecule has 0 radical (unpaired) electrons. The van der Waals surface area contributed by atoms with Crippen LogP contribution in [-0.2, 0) is 19.1 Å². The van der Waals surface area contributed by atoms with Gasteiger partial charge in [-0.05, 0) is 42.6 Å². The monoisotopic (exact) mass is 314 g/mol. The molecule has 6 rings (SSSR count). The molecule has 4 heteroatoms. The standard InChI is InChI=1S/C19H22O4/c1-8-5-11(20)7-10-3-4-19-9(2)6-12(23-18(19)22)15-16(19)14(10)13(8)17(15)21/h8-10,12,15-16H,3-7H2,1-2H3/t8-,9?,10+,12+,15+,16+,19+/m0/s1. The van der Waals surface area contributed by atoms with Gasteiger partial charge in [0.25, 0.3) is 0 Å². The summed E-state index contributed by atoms with van der Waals surface area (Å²) >= 11 is 0. The van der Waals surface area contributed by atoms with E-state index in [0.717, 1.165) is 24.8 Å². The number of carbonyl (C=O) groups is 3. The molecule has 0 aromatic heterocycles. The van der Waals surface area contributed by atoms with Gasteiger partial charge in [-0.1, -0.05) is 19.4 Å². The van der Waals surface area contributed by atoms with Crippen molar-refractivity contribution >= 4 is 17.5 Å². The van der Waals surface area contributed by atoms with Gasteiger partial charge in [-0.2, -0.15) is 0 Å². The van der Waals surface area contributed by atoms with Crippen molar-refractivity contribution in [2.24, 2.45) is 35.0 Å². The maximum absolute atomic E-state index is 13.2. The molecule has 4 fully saturated rings. The minimum atomic E-state index is -0.504. The van der Waals surface area contributed by atoms with Gasteiger partial charge in [-0.15, -0.1) is 0 Å². The maximum atomic E-state index is 13.2. The summed E-state index contributed by atoms with van der Waals surface area (Å²) in [6.07, 6.45) is 3.23. The van der Waals surface area contributed by atoms with Crippen LogP contribution in [0.25, 0.3) is 0 Å². The van der Waals surface area contributed by atoms with Crippen molar-refractivity contribution in [1.29, 1.82) is 0 Å². The molecule has 2 heterocycles. The number of ether oxygens (including phenoxy) is 1. The third kappa shape index (κ3) is 1.42. The van der Waals surface area contributed by atoms with Crippen molar-refractivity contribution in [3.63, 3.8) is 0 Å². The Morgan fingerprint density at radius 3 is 2.65 bits per heavy atom. The van der Waals surface area contributed by atoms with Crippen LogP contribution < -0.4 is 0 Å². The van der Waals surface area contributed by atoms with E-state index in [1.807, 2.05) is 6.92 Å². The van der Waals surface area contributed by atoms with Crippen molar-refractivity contribution in [3.8, 4) is 0 Å². The first-order valence-electron chi connectivity index (χ1n) is 8.96. The average Bonchev–Trinajstić information content (AvgIpc) is 2.72. The lowest BCUT2D eigenvalue weighted by atomic mass is 9.48. The van der Waals surface area contributed by atoms with Gasteiger partial charge in [-0.25, -0.2) is 0 Å². The molecule has 0 amide bonds. The fraction of sp³-hybridized carbons (Fsp3) is 0.737. The molecule has 2 saturated carbocycles. The van der Waals surface area contributed by atoms with Crippen molar-refractivity contribution in [2.45, 2.75) is 52.1 Å². The van der Waals surface area contributed by atoms with Crippen molar-refractivity contribution < 1.29 is 19.1 Å². The van der Waals surface area contributed by atoms with E-state index in [1.54, 1.807) is 0 Å². The molecule has 2 saturated heterocycles. The van der Waals surface area contributed by atoms with E-state index in [0.29, 0.717) is 12.8 Å². The number of fused-ring (bicyclic) bond motifs is 2. The first kappa shape index (κ1) is 13.9. The van der Waals surface area contributed by atoms with E-state index in [-0.39, 0.29) is 53.2 Å². The van der Waals surface area contributed by atoms with Crippen LogP contribution in [-0.4, -0.2) is 23.6 Å². The van der Waals surface area contributed by atoms with Crippen LogP contribution in [0, 0.1) is 35.0 Å². The number of ketones is 2. The molecule has 23 heavy (non-hydrogen) atoms. The van der Waals surface area contributed by atoms with Crippen LogP contribution in [0.4, 0.5) is 0 Å². The molecule has 4 nitrogen and oxygen atoms in total. The molecule has 122 valence electrons. The number of hydrogen-bond acceptors (Lipinski definition) is 4. The minimum Gasteiger partial charge on any atom is -0.461 e. The molecular formula is C19H22O4. The first-order chi connectivity index (χ1) is 10.9. The molecule has 2 bridgehead atoms. The molecule has 6 aliphatic rings. The SMILES string of the molecule is CC1C[C@H]2OC(=O)[C@]13CC[C@@H]1CC(=O)C[C@H](C)C4=C1[C@@H]3[C@@H]2C4=O. The van der Waals surface area contributed by atoms with Crippen LogP contribution in [0.2, 0.25) is 0 Å². The number of Topliss-reactive ketones (excluding diaryl/α,β-unsaturated/α-hetero) is 2. The third-order valence-electron chi connectivity index (χ3n) is 7.48. The van der Waals surface area contributed by atoms with E-state index >= 15 is 0 Å². The van der Waals surface area contributed by atoms with Gasteiger partial charge in [0, 0.05) is 18.8 Å². The lowest BCUT2D eigenvalue weighted by Crippen LogP contribution is -2.63. The van der Waals surface area contributed by atoms with Crippen molar-refractivity contribution in [3.05, 3.63) is 11.1 Å². The van der Waals surface area contributed by atoms with Gasteiger partial charge in [0.2, 0.25) is 0 Å². The number of hydrogen-bond donors (Lipinski definition) is 0. The average molecular weight is 314 g/mol. The minimum absolute atomic E-state index is 0.000517. The van der Waals surface area contributed by atoms with E-state index < -0.39 is 5.41 Å². The summed E-state index contributed by atoms with van der Waals surface area (Å²) in [4.78, 5) is 38.2. The molecule has 2 aliphatic heterocycles. The maximum Gasteiger partial charge on any atom is 0.313 e. The Morgan fingerprint density at radius 2 is 1.91 bits per heavy atom. The van der Waals surface area contributed by atoms with Gasteiger partial charge in [-0.3, -0.25) is 14.4 Å². The fourth-order valence-electron chi connectivity index (χ4n) is 6.61. The first-order valence-corrected chi connectivity index (χ1v) is 8.96. The number of allylic oxidation sites excluding steroid dienone is 2. The molecular weight excluding hydrogens is 292 g/mol. The van der Waals surface area contributed by atoms with Crippen molar-refractivity contribution in [2.75, 3.05) is 0 Å². The predicted molar refractivity (Wildman–Crippen MR) is 81.2 cm³/mol. The van der Waals surface area contributed by atoms with E-state index in [2.05, 4.69) is 6.92 Å². The van der Waals surface area contributed by atoms with Gasteiger partial charge in [0.05, 0.1) is 11.3 Å². The van der Waals surface area contributed by atoms with E-state index in [9.17, 15) is 14.4 Å². The number of esters is 1. The molecule has 1 unspecified atom stereocenters. The Morgan fingerprint density at radius 1 is 1.13 bits per heavy atom. The number of carbonyl (C=O) groups excluding carboxylic acids is 3. The van der Waals surface area contributed by atoms with E-state index in [4.69, 9.17) is 4.74 Å². The zero-order chi connectivity index (χ0) is 16.1. The highest BCUT2D eigenvalue weighted by molar-refractivity contribution is 6.05. The van der Waals surface area contributed by atoms with Gasteiger partial charge < -0.3 is 4.74 Å². The zero-order valence-corrected chi connectivity index (χ0v) is 13.6. The van der Waals surface area contributed by atoms with Gasteiger partial charge in [0.1, 0.15) is 11.9 Å². The summed E-state index contributed by atoms with van der Waals surface area (Å²) < 4.78 is 5.70. The fourth-order valence-corrected chi connectivity index (χ4v) is 6.61. The Labute approximate surface area is 135 Å². The zero-order valence-electron chi connectivity index (χ0n) is 13.6. The largest absolute Gasteiger partial charge is 0.461 e. The molecule has 0 aromatic rings. The highest BCUT2D eigenvalue weighted by Crippen LogP contribution is 2.67.